The summed E-state index contributed by atoms with van der Waals surface area (Å²) in [4.78, 5) is 22.3. The fraction of sp³-hybridized carbons (Fsp3) is 0.200. The smallest absolute Gasteiger partial charge is 0.328 e. The van der Waals surface area contributed by atoms with Crippen LogP contribution in [0.2, 0.25) is 10.0 Å². The summed E-state index contributed by atoms with van der Waals surface area (Å²) in [7, 11) is 0. The predicted octanol–water partition coefficient (Wildman–Crippen LogP) is 1.17. The average Bonchev–Trinajstić information content (AvgIpc) is 2.28. The number of carbonyl (C=O) groups is 2. The van der Waals surface area contributed by atoms with Crippen molar-refractivity contribution in [2.75, 3.05) is 6.61 Å². The van der Waals surface area contributed by atoms with E-state index in [0.717, 1.165) is 0 Å². The second kappa shape index (κ2) is 5.86. The zero-order chi connectivity index (χ0) is 13.0. The van der Waals surface area contributed by atoms with Gasteiger partial charge in [-0.05, 0) is 12.1 Å². The SMILES string of the molecule is O=C(N[C@@H](CO)C(=O)O)c1cccc(Cl)c1Cl. The van der Waals surface area contributed by atoms with Crippen LogP contribution in [0.15, 0.2) is 18.2 Å². The maximum Gasteiger partial charge on any atom is 0.328 e. The average molecular weight is 278 g/mol. The van der Waals surface area contributed by atoms with Gasteiger partial charge in [-0.3, -0.25) is 4.79 Å². The van der Waals surface area contributed by atoms with Crippen LogP contribution in [-0.4, -0.2) is 34.7 Å². The molecule has 0 saturated heterocycles. The van der Waals surface area contributed by atoms with Crippen LogP contribution in [0.25, 0.3) is 0 Å². The normalized spacial score (nSPS) is 11.9. The lowest BCUT2D eigenvalue weighted by atomic mass is 10.2. The van der Waals surface area contributed by atoms with E-state index in [1.807, 2.05) is 0 Å². The molecule has 92 valence electrons. The quantitative estimate of drug-likeness (QED) is 0.771. The Labute approximate surface area is 107 Å². The van der Waals surface area contributed by atoms with Crippen molar-refractivity contribution in [2.45, 2.75) is 6.04 Å². The van der Waals surface area contributed by atoms with Gasteiger partial charge in [-0.2, -0.15) is 0 Å². The zero-order valence-corrected chi connectivity index (χ0v) is 10.00. The first-order valence-corrected chi connectivity index (χ1v) is 5.31. The van der Waals surface area contributed by atoms with Crippen LogP contribution >= 0.6 is 23.2 Å². The molecule has 0 aliphatic rings. The highest BCUT2D eigenvalue weighted by atomic mass is 35.5. The van der Waals surface area contributed by atoms with Gasteiger partial charge in [0, 0.05) is 0 Å². The summed E-state index contributed by atoms with van der Waals surface area (Å²) in [5.74, 6) is -2.04. The molecule has 1 aromatic rings. The minimum atomic E-state index is -1.38. The van der Waals surface area contributed by atoms with E-state index in [9.17, 15) is 9.59 Å². The van der Waals surface area contributed by atoms with Gasteiger partial charge < -0.3 is 15.5 Å². The fourth-order valence-corrected chi connectivity index (χ4v) is 1.49. The molecule has 0 fully saturated rings. The van der Waals surface area contributed by atoms with Crippen molar-refractivity contribution in [3.05, 3.63) is 33.8 Å². The Hall–Kier alpha value is -1.30. The van der Waals surface area contributed by atoms with Crippen LogP contribution < -0.4 is 5.32 Å². The molecule has 0 bridgehead atoms. The Balaban J connectivity index is 2.90. The lowest BCUT2D eigenvalue weighted by Gasteiger charge is -2.12. The van der Waals surface area contributed by atoms with E-state index in [1.54, 1.807) is 0 Å². The lowest BCUT2D eigenvalue weighted by molar-refractivity contribution is -0.140. The lowest BCUT2D eigenvalue weighted by Crippen LogP contribution is -2.43. The largest absolute Gasteiger partial charge is 0.480 e. The molecule has 0 aliphatic heterocycles. The number of nitrogens with one attached hydrogen (secondary N) is 1. The van der Waals surface area contributed by atoms with E-state index in [4.69, 9.17) is 33.4 Å². The Morgan fingerprint density at radius 3 is 2.53 bits per heavy atom. The first-order chi connectivity index (χ1) is 7.97. The van der Waals surface area contributed by atoms with Gasteiger partial charge in [0.25, 0.3) is 5.91 Å². The van der Waals surface area contributed by atoms with Gasteiger partial charge in [0.15, 0.2) is 6.04 Å². The van der Waals surface area contributed by atoms with Crippen LogP contribution in [0.1, 0.15) is 10.4 Å². The highest BCUT2D eigenvalue weighted by molar-refractivity contribution is 6.43. The van der Waals surface area contributed by atoms with Gasteiger partial charge in [0.1, 0.15) is 0 Å². The Bertz CT molecular complexity index is 450. The molecule has 0 radical (unpaired) electrons. The number of rotatable bonds is 4. The maximum atomic E-state index is 11.7. The number of hydrogen-bond acceptors (Lipinski definition) is 3. The molecule has 0 heterocycles. The molecule has 1 amide bonds. The monoisotopic (exact) mass is 277 g/mol. The van der Waals surface area contributed by atoms with Gasteiger partial charge in [-0.1, -0.05) is 29.3 Å². The van der Waals surface area contributed by atoms with E-state index in [0.29, 0.717) is 0 Å². The standard InChI is InChI=1S/C10H9Cl2NO4/c11-6-3-1-2-5(8(6)12)9(15)13-7(4-14)10(16)17/h1-3,7,14H,4H2,(H,13,15)(H,16,17)/t7-/m0/s1. The summed E-state index contributed by atoms with van der Waals surface area (Å²) in [6.07, 6.45) is 0. The van der Waals surface area contributed by atoms with Gasteiger partial charge in [0.05, 0.1) is 22.2 Å². The molecule has 0 aliphatic carbocycles. The minimum Gasteiger partial charge on any atom is -0.480 e. The fourth-order valence-electron chi connectivity index (χ4n) is 1.10. The third-order valence-corrected chi connectivity index (χ3v) is 2.80. The topological polar surface area (TPSA) is 86.6 Å². The zero-order valence-electron chi connectivity index (χ0n) is 8.48. The molecule has 0 unspecified atom stereocenters. The van der Waals surface area contributed by atoms with Crippen molar-refractivity contribution < 1.29 is 19.8 Å². The summed E-state index contributed by atoms with van der Waals surface area (Å²) in [5.41, 5.74) is 0.0545. The van der Waals surface area contributed by atoms with Crippen molar-refractivity contribution in [1.29, 1.82) is 0 Å². The summed E-state index contributed by atoms with van der Waals surface area (Å²) in [6, 6.07) is 3.04. The molecular formula is C10H9Cl2NO4. The minimum absolute atomic E-state index is 0.0359. The summed E-state index contributed by atoms with van der Waals surface area (Å²) < 4.78 is 0. The number of carboxylic acids is 1. The number of amides is 1. The number of aliphatic hydroxyl groups excluding tert-OH is 1. The molecule has 0 spiro atoms. The number of aliphatic hydroxyl groups is 1. The number of halogens is 2. The highest BCUT2D eigenvalue weighted by Crippen LogP contribution is 2.25. The number of aliphatic carboxylic acids is 1. The summed E-state index contributed by atoms with van der Waals surface area (Å²) in [5, 5.41) is 19.8. The van der Waals surface area contributed by atoms with Gasteiger partial charge in [-0.25, -0.2) is 4.79 Å². The Morgan fingerprint density at radius 1 is 1.35 bits per heavy atom. The molecule has 1 atom stereocenters. The van der Waals surface area contributed by atoms with Crippen molar-refractivity contribution in [2.24, 2.45) is 0 Å². The number of carboxylic acid groups (broad SMARTS) is 1. The number of hydrogen-bond donors (Lipinski definition) is 3. The van der Waals surface area contributed by atoms with Crippen LogP contribution in [0, 0.1) is 0 Å². The molecule has 1 rings (SSSR count). The first kappa shape index (κ1) is 13.8. The van der Waals surface area contributed by atoms with Crippen LogP contribution in [-0.2, 0) is 4.79 Å². The molecular weight excluding hydrogens is 269 g/mol. The van der Waals surface area contributed by atoms with E-state index >= 15 is 0 Å². The molecule has 7 heteroatoms. The maximum absolute atomic E-state index is 11.7. The van der Waals surface area contributed by atoms with Gasteiger partial charge >= 0.3 is 5.97 Å². The van der Waals surface area contributed by atoms with Gasteiger partial charge in [-0.15, -0.1) is 0 Å². The molecule has 0 aromatic heterocycles. The molecule has 1 aromatic carbocycles. The Morgan fingerprint density at radius 2 is 2.00 bits per heavy atom. The van der Waals surface area contributed by atoms with Crippen molar-refractivity contribution in [3.8, 4) is 0 Å². The first-order valence-electron chi connectivity index (χ1n) is 4.56. The Kier molecular flexibility index (Phi) is 4.74. The van der Waals surface area contributed by atoms with Crippen LogP contribution in [0.3, 0.4) is 0 Å². The predicted molar refractivity (Wildman–Crippen MR) is 62.4 cm³/mol. The second-order valence-electron chi connectivity index (χ2n) is 3.15. The molecule has 3 N–H and O–H groups in total. The van der Waals surface area contributed by atoms with E-state index in [-0.39, 0.29) is 15.6 Å². The molecule has 5 nitrogen and oxygen atoms in total. The molecule has 17 heavy (non-hydrogen) atoms. The van der Waals surface area contributed by atoms with Crippen molar-refractivity contribution in [1.82, 2.24) is 5.32 Å². The van der Waals surface area contributed by atoms with E-state index in [1.165, 1.54) is 18.2 Å². The van der Waals surface area contributed by atoms with E-state index in [2.05, 4.69) is 5.32 Å². The second-order valence-corrected chi connectivity index (χ2v) is 3.93. The number of benzene rings is 1. The summed E-state index contributed by atoms with van der Waals surface area (Å²) in [6.45, 7) is -0.709. The van der Waals surface area contributed by atoms with Crippen LogP contribution in [0.5, 0.6) is 0 Å². The van der Waals surface area contributed by atoms with E-state index < -0.39 is 24.5 Å². The van der Waals surface area contributed by atoms with Gasteiger partial charge in [0.2, 0.25) is 0 Å². The highest BCUT2D eigenvalue weighted by Gasteiger charge is 2.21. The third kappa shape index (κ3) is 3.33. The third-order valence-electron chi connectivity index (χ3n) is 1.98. The van der Waals surface area contributed by atoms with Crippen molar-refractivity contribution >= 4 is 35.1 Å². The summed E-state index contributed by atoms with van der Waals surface area (Å²) >= 11 is 11.5. The number of carbonyl (C=O) groups excluding carboxylic acids is 1. The molecule has 0 saturated carbocycles. The van der Waals surface area contributed by atoms with Crippen LogP contribution in [0.4, 0.5) is 0 Å². The van der Waals surface area contributed by atoms with Crippen molar-refractivity contribution in [3.63, 3.8) is 0 Å².